The number of benzene rings is 2. The second kappa shape index (κ2) is 7.32. The van der Waals surface area contributed by atoms with Crippen LogP contribution in [0.3, 0.4) is 0 Å². The van der Waals surface area contributed by atoms with Crippen molar-refractivity contribution >= 4 is 40.1 Å². The van der Waals surface area contributed by atoms with Crippen molar-refractivity contribution in [2.45, 2.75) is 0 Å². The highest BCUT2D eigenvalue weighted by molar-refractivity contribution is 14.1. The van der Waals surface area contributed by atoms with Crippen molar-refractivity contribution in [3.8, 4) is 11.8 Å². The fraction of sp³-hybridized carbons (Fsp3) is 0.0625. The van der Waals surface area contributed by atoms with Gasteiger partial charge in [0.1, 0.15) is 0 Å². The molecule has 0 fully saturated rings. The summed E-state index contributed by atoms with van der Waals surface area (Å²) in [5.41, 5.74) is 1.54. The molecule has 2 aromatic carbocycles. The van der Waals surface area contributed by atoms with Crippen molar-refractivity contribution in [3.63, 3.8) is 0 Å². The number of rotatable bonds is 2. The first-order valence-electron chi connectivity index (χ1n) is 5.94. The van der Waals surface area contributed by atoms with Gasteiger partial charge in [-0.3, -0.25) is 4.79 Å². The fourth-order valence-electron chi connectivity index (χ4n) is 1.56. The van der Waals surface area contributed by atoms with Gasteiger partial charge in [0.25, 0.3) is 5.91 Å². The SMILES string of the molecule is O=C(NCC#Cc1ccccc1)c1ccc(Cl)cc1I. The zero-order valence-corrected chi connectivity index (χ0v) is 13.4. The summed E-state index contributed by atoms with van der Waals surface area (Å²) in [6.45, 7) is 0.312. The average molecular weight is 396 g/mol. The first-order valence-corrected chi connectivity index (χ1v) is 7.39. The molecule has 0 unspecified atom stereocenters. The lowest BCUT2D eigenvalue weighted by Gasteiger charge is -2.04. The Labute approximate surface area is 136 Å². The van der Waals surface area contributed by atoms with E-state index in [4.69, 9.17) is 11.6 Å². The minimum Gasteiger partial charge on any atom is -0.341 e. The van der Waals surface area contributed by atoms with Crippen LogP contribution in [0.15, 0.2) is 48.5 Å². The standard InChI is InChI=1S/C16H11ClINO/c17-13-8-9-14(15(18)11-13)16(20)19-10-4-7-12-5-2-1-3-6-12/h1-3,5-6,8-9,11H,10H2,(H,19,20). The van der Waals surface area contributed by atoms with Gasteiger partial charge in [0.05, 0.1) is 12.1 Å². The Bertz CT molecular complexity index is 674. The van der Waals surface area contributed by atoms with E-state index in [9.17, 15) is 4.79 Å². The Hall–Kier alpha value is -1.51. The van der Waals surface area contributed by atoms with Crippen LogP contribution in [0, 0.1) is 15.4 Å². The van der Waals surface area contributed by atoms with Crippen LogP contribution in [0.5, 0.6) is 0 Å². The van der Waals surface area contributed by atoms with Crippen LogP contribution in [0.25, 0.3) is 0 Å². The minimum atomic E-state index is -0.145. The van der Waals surface area contributed by atoms with E-state index in [2.05, 4.69) is 39.7 Å². The van der Waals surface area contributed by atoms with Crippen LogP contribution in [0.1, 0.15) is 15.9 Å². The van der Waals surface area contributed by atoms with Crippen molar-refractivity contribution in [1.29, 1.82) is 0 Å². The highest BCUT2D eigenvalue weighted by Gasteiger charge is 2.08. The molecule has 0 heterocycles. The normalized spacial score (nSPS) is 9.50. The Morgan fingerprint density at radius 2 is 1.95 bits per heavy atom. The Morgan fingerprint density at radius 1 is 1.20 bits per heavy atom. The maximum absolute atomic E-state index is 12.0. The summed E-state index contributed by atoms with van der Waals surface area (Å²) in [6.07, 6.45) is 0. The van der Waals surface area contributed by atoms with E-state index >= 15 is 0 Å². The number of halogens is 2. The topological polar surface area (TPSA) is 29.1 Å². The summed E-state index contributed by atoms with van der Waals surface area (Å²) < 4.78 is 0.823. The third-order valence-corrected chi connectivity index (χ3v) is 3.65. The van der Waals surface area contributed by atoms with Crippen molar-refractivity contribution in [3.05, 3.63) is 68.3 Å². The molecule has 0 radical (unpaired) electrons. The van der Waals surface area contributed by atoms with Gasteiger partial charge < -0.3 is 5.32 Å². The Morgan fingerprint density at radius 3 is 2.65 bits per heavy atom. The molecular weight excluding hydrogens is 385 g/mol. The molecule has 0 aliphatic heterocycles. The molecule has 2 nitrogen and oxygen atoms in total. The van der Waals surface area contributed by atoms with Crippen molar-refractivity contribution in [2.75, 3.05) is 6.54 Å². The average Bonchev–Trinajstić information content (AvgIpc) is 2.44. The Balaban J connectivity index is 1.95. The van der Waals surface area contributed by atoms with E-state index < -0.39 is 0 Å². The number of carbonyl (C=O) groups is 1. The highest BCUT2D eigenvalue weighted by atomic mass is 127. The summed E-state index contributed by atoms with van der Waals surface area (Å²) in [6, 6.07) is 14.8. The van der Waals surface area contributed by atoms with Gasteiger partial charge in [0.15, 0.2) is 0 Å². The van der Waals surface area contributed by atoms with E-state index in [0.29, 0.717) is 17.1 Å². The summed E-state index contributed by atoms with van der Waals surface area (Å²) in [7, 11) is 0. The number of carbonyl (C=O) groups excluding carboxylic acids is 1. The van der Waals surface area contributed by atoms with Crippen molar-refractivity contribution in [2.24, 2.45) is 0 Å². The summed E-state index contributed by atoms with van der Waals surface area (Å²) in [5.74, 6) is 5.77. The number of nitrogens with one attached hydrogen (secondary N) is 1. The van der Waals surface area contributed by atoms with Crippen LogP contribution in [0.2, 0.25) is 5.02 Å². The van der Waals surface area contributed by atoms with E-state index in [-0.39, 0.29) is 5.91 Å². The summed E-state index contributed by atoms with van der Waals surface area (Å²) in [4.78, 5) is 12.0. The summed E-state index contributed by atoms with van der Waals surface area (Å²) in [5, 5.41) is 3.39. The van der Waals surface area contributed by atoms with Crippen LogP contribution < -0.4 is 5.32 Å². The monoisotopic (exact) mass is 395 g/mol. The van der Waals surface area contributed by atoms with Crippen LogP contribution >= 0.6 is 34.2 Å². The maximum Gasteiger partial charge on any atom is 0.253 e. The number of hydrogen-bond donors (Lipinski definition) is 1. The maximum atomic E-state index is 12.0. The van der Waals surface area contributed by atoms with Gasteiger partial charge >= 0.3 is 0 Å². The molecule has 2 aromatic rings. The molecule has 0 bridgehead atoms. The fourth-order valence-corrected chi connectivity index (χ4v) is 2.68. The minimum absolute atomic E-state index is 0.145. The third kappa shape index (κ3) is 4.26. The number of hydrogen-bond acceptors (Lipinski definition) is 1. The smallest absolute Gasteiger partial charge is 0.253 e. The van der Waals surface area contributed by atoms with Gasteiger partial charge in [-0.2, -0.15) is 0 Å². The van der Waals surface area contributed by atoms with Gasteiger partial charge in [-0.1, -0.05) is 41.6 Å². The predicted molar refractivity (Wildman–Crippen MR) is 89.8 cm³/mol. The molecule has 2 rings (SSSR count). The third-order valence-electron chi connectivity index (χ3n) is 2.52. The van der Waals surface area contributed by atoms with Gasteiger partial charge in [-0.05, 0) is 52.9 Å². The molecule has 0 aliphatic carbocycles. The van der Waals surface area contributed by atoms with Crippen LogP contribution in [-0.2, 0) is 0 Å². The van der Waals surface area contributed by atoms with Crippen molar-refractivity contribution < 1.29 is 4.79 Å². The van der Waals surface area contributed by atoms with Crippen LogP contribution in [-0.4, -0.2) is 12.5 Å². The van der Waals surface area contributed by atoms with E-state index in [1.54, 1.807) is 18.2 Å². The summed E-state index contributed by atoms with van der Waals surface area (Å²) >= 11 is 7.95. The molecule has 0 spiro atoms. The van der Waals surface area contributed by atoms with Gasteiger partial charge in [-0.15, -0.1) is 0 Å². The van der Waals surface area contributed by atoms with E-state index in [1.807, 2.05) is 30.3 Å². The van der Waals surface area contributed by atoms with Gasteiger partial charge in [-0.25, -0.2) is 0 Å². The molecule has 1 amide bonds. The molecule has 4 heteroatoms. The second-order valence-electron chi connectivity index (χ2n) is 3.97. The lowest BCUT2D eigenvalue weighted by Crippen LogP contribution is -2.24. The molecular formula is C16H11ClINO. The van der Waals surface area contributed by atoms with E-state index in [1.165, 1.54) is 0 Å². The quantitative estimate of drug-likeness (QED) is 0.609. The highest BCUT2D eigenvalue weighted by Crippen LogP contribution is 2.17. The second-order valence-corrected chi connectivity index (χ2v) is 5.57. The predicted octanol–water partition coefficient (Wildman–Crippen LogP) is 3.73. The number of amides is 1. The van der Waals surface area contributed by atoms with Gasteiger partial charge in [0.2, 0.25) is 0 Å². The zero-order chi connectivity index (χ0) is 14.4. The first-order chi connectivity index (χ1) is 9.66. The largest absolute Gasteiger partial charge is 0.341 e. The molecule has 0 saturated carbocycles. The zero-order valence-electron chi connectivity index (χ0n) is 10.5. The molecule has 0 saturated heterocycles. The lowest BCUT2D eigenvalue weighted by molar-refractivity contribution is 0.0958. The van der Waals surface area contributed by atoms with Gasteiger partial charge in [0, 0.05) is 14.2 Å². The molecule has 0 aromatic heterocycles. The van der Waals surface area contributed by atoms with E-state index in [0.717, 1.165) is 9.13 Å². The molecule has 1 N–H and O–H groups in total. The van der Waals surface area contributed by atoms with Crippen molar-refractivity contribution in [1.82, 2.24) is 5.32 Å². The lowest BCUT2D eigenvalue weighted by atomic mass is 10.2. The Kier molecular flexibility index (Phi) is 5.45. The molecule has 20 heavy (non-hydrogen) atoms. The molecule has 0 aliphatic rings. The first kappa shape index (κ1) is 14.9. The molecule has 0 atom stereocenters. The molecule has 100 valence electrons. The van der Waals surface area contributed by atoms with Crippen LogP contribution in [0.4, 0.5) is 0 Å².